The predicted molar refractivity (Wildman–Crippen MR) is 68.0 cm³/mol. The van der Waals surface area contributed by atoms with Gasteiger partial charge < -0.3 is 5.32 Å². The molecule has 1 N–H and O–H groups in total. The van der Waals surface area contributed by atoms with Crippen molar-refractivity contribution >= 4 is 15.9 Å². The van der Waals surface area contributed by atoms with E-state index < -0.39 is 0 Å². The first-order valence-corrected chi connectivity index (χ1v) is 6.59. The summed E-state index contributed by atoms with van der Waals surface area (Å²) in [7, 11) is 0. The lowest BCUT2D eigenvalue weighted by molar-refractivity contribution is 0.406. The highest BCUT2D eigenvalue weighted by atomic mass is 79.9. The summed E-state index contributed by atoms with van der Waals surface area (Å²) in [6, 6.07) is 3.66. The molecule has 3 heteroatoms. The third kappa shape index (κ3) is 2.30. The number of fused-ring (bicyclic) bond motifs is 1. The lowest BCUT2D eigenvalue weighted by atomic mass is 9.89. The Morgan fingerprint density at radius 1 is 1.50 bits per heavy atom. The predicted octanol–water partition coefficient (Wildman–Crippen LogP) is 3.82. The maximum absolute atomic E-state index is 13.7. The first-order valence-electron chi connectivity index (χ1n) is 5.79. The fourth-order valence-electron chi connectivity index (χ4n) is 2.39. The van der Waals surface area contributed by atoms with Gasteiger partial charge in [-0.3, -0.25) is 0 Å². The molecule has 0 bridgehead atoms. The molecule has 88 valence electrons. The number of benzene rings is 1. The van der Waals surface area contributed by atoms with Crippen LogP contribution in [0.1, 0.15) is 37.4 Å². The van der Waals surface area contributed by atoms with Crippen LogP contribution >= 0.6 is 15.9 Å². The highest BCUT2D eigenvalue weighted by Gasteiger charge is 2.24. The largest absolute Gasteiger partial charge is 0.310 e. The molecule has 1 heterocycles. The molecule has 1 aliphatic rings. The minimum atomic E-state index is -0.0616. The van der Waals surface area contributed by atoms with E-state index in [9.17, 15) is 4.39 Å². The van der Waals surface area contributed by atoms with E-state index in [0.717, 1.165) is 35.0 Å². The zero-order valence-corrected chi connectivity index (χ0v) is 11.3. The van der Waals surface area contributed by atoms with Gasteiger partial charge in [0.2, 0.25) is 0 Å². The zero-order valence-electron chi connectivity index (χ0n) is 9.69. The maximum Gasteiger partial charge on any atom is 0.126 e. The van der Waals surface area contributed by atoms with Crippen molar-refractivity contribution < 1.29 is 4.39 Å². The van der Waals surface area contributed by atoms with Crippen molar-refractivity contribution in [2.45, 2.75) is 32.7 Å². The summed E-state index contributed by atoms with van der Waals surface area (Å²) in [5, 5.41) is 3.48. The molecule has 0 fully saturated rings. The molecule has 0 aromatic heterocycles. The van der Waals surface area contributed by atoms with E-state index in [1.165, 1.54) is 0 Å². The van der Waals surface area contributed by atoms with Crippen molar-refractivity contribution in [3.8, 4) is 0 Å². The molecule has 1 atom stereocenters. The quantitative estimate of drug-likeness (QED) is 0.871. The second-order valence-corrected chi connectivity index (χ2v) is 5.66. The zero-order chi connectivity index (χ0) is 11.7. The van der Waals surface area contributed by atoms with Crippen molar-refractivity contribution in [1.29, 1.82) is 0 Å². The van der Waals surface area contributed by atoms with E-state index in [0.29, 0.717) is 5.92 Å². The average molecular weight is 286 g/mol. The first kappa shape index (κ1) is 12.1. The minimum absolute atomic E-state index is 0.0616. The number of halogens is 2. The van der Waals surface area contributed by atoms with Crippen LogP contribution < -0.4 is 5.32 Å². The molecule has 0 spiro atoms. The molecule has 0 saturated heterocycles. The van der Waals surface area contributed by atoms with Gasteiger partial charge in [0, 0.05) is 10.5 Å². The van der Waals surface area contributed by atoms with Gasteiger partial charge in [-0.15, -0.1) is 0 Å². The third-order valence-corrected chi connectivity index (χ3v) is 3.76. The summed E-state index contributed by atoms with van der Waals surface area (Å²) >= 11 is 3.54. The number of nitrogens with one attached hydrogen (secondary N) is 1. The van der Waals surface area contributed by atoms with Gasteiger partial charge in [-0.25, -0.2) is 4.39 Å². The smallest absolute Gasteiger partial charge is 0.126 e. The SMILES string of the molecule is CC(C)CC1NCCc2c(F)ccc(Br)c21. The molecule has 2 rings (SSSR count). The molecule has 1 unspecified atom stereocenters. The van der Waals surface area contributed by atoms with E-state index >= 15 is 0 Å². The molecule has 0 aliphatic carbocycles. The van der Waals surface area contributed by atoms with Gasteiger partial charge in [-0.1, -0.05) is 29.8 Å². The van der Waals surface area contributed by atoms with Crippen LogP contribution in [-0.2, 0) is 6.42 Å². The van der Waals surface area contributed by atoms with E-state index in [1.807, 2.05) is 6.07 Å². The van der Waals surface area contributed by atoms with Crippen LogP contribution in [0, 0.1) is 11.7 Å². The summed E-state index contributed by atoms with van der Waals surface area (Å²) in [5.41, 5.74) is 2.01. The molecule has 0 saturated carbocycles. The number of hydrogen-bond acceptors (Lipinski definition) is 1. The van der Waals surface area contributed by atoms with Crippen LogP contribution in [0.3, 0.4) is 0 Å². The summed E-state index contributed by atoms with van der Waals surface area (Å²) in [4.78, 5) is 0. The lowest BCUT2D eigenvalue weighted by Gasteiger charge is -2.29. The molecule has 1 aromatic rings. The average Bonchev–Trinajstić information content (AvgIpc) is 2.23. The topological polar surface area (TPSA) is 12.0 Å². The van der Waals surface area contributed by atoms with Gasteiger partial charge in [0.05, 0.1) is 0 Å². The second-order valence-electron chi connectivity index (χ2n) is 4.81. The Hall–Kier alpha value is -0.410. The Kier molecular flexibility index (Phi) is 3.65. The number of hydrogen-bond donors (Lipinski definition) is 1. The van der Waals surface area contributed by atoms with Crippen molar-refractivity contribution in [3.63, 3.8) is 0 Å². The van der Waals surface area contributed by atoms with Crippen LogP contribution in [0.2, 0.25) is 0 Å². The molecule has 16 heavy (non-hydrogen) atoms. The van der Waals surface area contributed by atoms with Gasteiger partial charge in [0.25, 0.3) is 0 Å². The van der Waals surface area contributed by atoms with Gasteiger partial charge >= 0.3 is 0 Å². The lowest BCUT2D eigenvalue weighted by Crippen LogP contribution is -2.31. The third-order valence-electron chi connectivity index (χ3n) is 3.07. The normalized spacial score (nSPS) is 19.9. The van der Waals surface area contributed by atoms with E-state index in [-0.39, 0.29) is 11.9 Å². The monoisotopic (exact) mass is 285 g/mol. The van der Waals surface area contributed by atoms with Crippen LogP contribution in [-0.4, -0.2) is 6.54 Å². The molecule has 1 nitrogen and oxygen atoms in total. The highest BCUT2D eigenvalue weighted by molar-refractivity contribution is 9.10. The summed E-state index contributed by atoms with van der Waals surface area (Å²) in [6.45, 7) is 5.27. The first-order chi connectivity index (χ1) is 7.59. The molecular weight excluding hydrogens is 269 g/mol. The van der Waals surface area contributed by atoms with Gasteiger partial charge in [0.1, 0.15) is 5.82 Å². The van der Waals surface area contributed by atoms with E-state index in [4.69, 9.17) is 0 Å². The number of rotatable bonds is 2. The van der Waals surface area contributed by atoms with Gasteiger partial charge in [-0.05, 0) is 48.6 Å². The summed E-state index contributed by atoms with van der Waals surface area (Å²) in [6.07, 6.45) is 1.84. The van der Waals surface area contributed by atoms with Crippen LogP contribution in [0.25, 0.3) is 0 Å². The van der Waals surface area contributed by atoms with Crippen molar-refractivity contribution in [2.24, 2.45) is 5.92 Å². The molecular formula is C13H17BrFN. The van der Waals surface area contributed by atoms with Gasteiger partial charge in [-0.2, -0.15) is 0 Å². The van der Waals surface area contributed by atoms with Crippen molar-refractivity contribution in [1.82, 2.24) is 5.32 Å². The van der Waals surface area contributed by atoms with Crippen LogP contribution in [0.4, 0.5) is 4.39 Å². The molecule has 1 aromatic carbocycles. The Balaban J connectivity index is 2.40. The minimum Gasteiger partial charge on any atom is -0.310 e. The summed E-state index contributed by atoms with van der Waals surface area (Å²) in [5.74, 6) is 0.548. The Labute approximate surface area is 105 Å². The fraction of sp³-hybridized carbons (Fsp3) is 0.538. The fourth-order valence-corrected chi connectivity index (χ4v) is 3.03. The maximum atomic E-state index is 13.7. The highest BCUT2D eigenvalue weighted by Crippen LogP contribution is 2.34. The van der Waals surface area contributed by atoms with Gasteiger partial charge in [0.15, 0.2) is 0 Å². The van der Waals surface area contributed by atoms with Crippen molar-refractivity contribution in [2.75, 3.05) is 6.54 Å². The van der Waals surface area contributed by atoms with Crippen LogP contribution in [0.15, 0.2) is 16.6 Å². The molecule has 0 radical (unpaired) electrons. The molecule has 1 aliphatic heterocycles. The van der Waals surface area contributed by atoms with Crippen LogP contribution in [0.5, 0.6) is 0 Å². The Morgan fingerprint density at radius 2 is 2.25 bits per heavy atom. The molecule has 0 amide bonds. The van der Waals surface area contributed by atoms with E-state index in [2.05, 4.69) is 35.1 Å². The van der Waals surface area contributed by atoms with E-state index in [1.54, 1.807) is 6.07 Å². The summed E-state index contributed by atoms with van der Waals surface area (Å²) < 4.78 is 14.7. The Bertz CT molecular complexity index is 390. The van der Waals surface area contributed by atoms with Crippen molar-refractivity contribution in [3.05, 3.63) is 33.5 Å². The second kappa shape index (κ2) is 4.84. The Morgan fingerprint density at radius 3 is 2.94 bits per heavy atom. The standard InChI is InChI=1S/C13H17BrFN/c1-8(2)7-12-13-9(5-6-16-12)11(15)4-3-10(13)14/h3-4,8,12,16H,5-7H2,1-2H3.